The molecule has 0 aliphatic carbocycles. The summed E-state index contributed by atoms with van der Waals surface area (Å²) in [6, 6.07) is 19.4. The Morgan fingerprint density at radius 3 is 2.17 bits per heavy atom. The molecule has 2 bridgehead atoms. The van der Waals surface area contributed by atoms with Crippen LogP contribution in [0.25, 0.3) is 0 Å². The lowest BCUT2D eigenvalue weighted by Crippen LogP contribution is -3.00. The van der Waals surface area contributed by atoms with E-state index in [0.717, 1.165) is 25.9 Å². The number of quaternary nitrogens is 1. The molecule has 0 radical (unpaired) electrons. The second-order valence-electron chi connectivity index (χ2n) is 9.29. The van der Waals surface area contributed by atoms with Gasteiger partial charge in [0.25, 0.3) is 5.91 Å². The van der Waals surface area contributed by atoms with Crippen molar-refractivity contribution in [3.63, 3.8) is 0 Å². The maximum atomic E-state index is 13.6. The van der Waals surface area contributed by atoms with Crippen molar-refractivity contribution in [2.45, 2.75) is 24.5 Å². The monoisotopic (exact) mass is 541 g/mol. The summed E-state index contributed by atoms with van der Waals surface area (Å²) >= 11 is 0. The number of aromatic nitrogens is 1. The van der Waals surface area contributed by atoms with Crippen LogP contribution in [0, 0.1) is 5.92 Å². The predicted octanol–water partition coefficient (Wildman–Crippen LogP) is -0.295. The van der Waals surface area contributed by atoms with Gasteiger partial charge in [-0.1, -0.05) is 65.8 Å². The van der Waals surface area contributed by atoms with Gasteiger partial charge in [0.05, 0.1) is 13.1 Å². The zero-order chi connectivity index (χ0) is 23.6. The predicted molar refractivity (Wildman–Crippen MR) is 123 cm³/mol. The summed E-state index contributed by atoms with van der Waals surface area (Å²) in [5, 5.41) is 18.2. The smallest absolute Gasteiger partial charge is 0.348 e. The fourth-order valence-corrected chi connectivity index (χ4v) is 5.32. The normalized spacial score (nSPS) is 23.2. The highest BCUT2D eigenvalue weighted by atomic mass is 79.9. The van der Waals surface area contributed by atoms with Crippen molar-refractivity contribution in [1.82, 2.24) is 5.16 Å². The van der Waals surface area contributed by atoms with Gasteiger partial charge in [0, 0.05) is 24.8 Å². The first kappa shape index (κ1) is 25.1. The molecule has 4 heterocycles. The van der Waals surface area contributed by atoms with E-state index in [1.807, 2.05) is 12.1 Å². The maximum Gasteiger partial charge on any atom is 0.348 e. The first-order valence-corrected chi connectivity index (χ1v) is 11.6. The van der Waals surface area contributed by atoms with E-state index in [9.17, 15) is 14.7 Å². The van der Waals surface area contributed by atoms with Crippen LogP contribution in [0.4, 0.5) is 5.82 Å². The van der Waals surface area contributed by atoms with Crippen LogP contribution in [0.15, 0.2) is 77.5 Å². The topological polar surface area (TPSA) is 102 Å². The molecule has 1 amide bonds. The van der Waals surface area contributed by atoms with Gasteiger partial charge in [0.15, 0.2) is 18.5 Å². The minimum atomic E-state index is -1.91. The van der Waals surface area contributed by atoms with Gasteiger partial charge in [-0.25, -0.2) is 4.79 Å². The molecule has 3 fully saturated rings. The molecule has 6 rings (SSSR count). The molecule has 0 saturated carbocycles. The van der Waals surface area contributed by atoms with Crippen molar-refractivity contribution in [3.8, 4) is 0 Å². The Labute approximate surface area is 214 Å². The van der Waals surface area contributed by atoms with E-state index in [2.05, 4.69) is 10.5 Å². The van der Waals surface area contributed by atoms with Gasteiger partial charge >= 0.3 is 5.97 Å². The summed E-state index contributed by atoms with van der Waals surface area (Å²) in [6.45, 7) is 2.52. The number of nitrogens with one attached hydrogen (secondary N) is 1. The van der Waals surface area contributed by atoms with Crippen LogP contribution in [0.5, 0.6) is 0 Å². The van der Waals surface area contributed by atoms with Crippen LogP contribution in [-0.4, -0.2) is 58.9 Å². The molecule has 8 nitrogen and oxygen atoms in total. The summed E-state index contributed by atoms with van der Waals surface area (Å²) in [5.41, 5.74) is -0.990. The van der Waals surface area contributed by atoms with Crippen molar-refractivity contribution in [2.75, 3.05) is 31.5 Å². The van der Waals surface area contributed by atoms with Gasteiger partial charge < -0.3 is 41.1 Å². The minimum absolute atomic E-state index is 0. The second-order valence-corrected chi connectivity index (χ2v) is 9.29. The summed E-state index contributed by atoms with van der Waals surface area (Å²) in [5.74, 6) is -0.231. The third-order valence-corrected chi connectivity index (χ3v) is 7.16. The molecular weight excluding hydrogens is 514 g/mol. The number of nitrogens with zero attached hydrogens (tertiary/aromatic N) is 2. The molecule has 35 heavy (non-hydrogen) atoms. The van der Waals surface area contributed by atoms with Crippen LogP contribution in [0.3, 0.4) is 0 Å². The van der Waals surface area contributed by atoms with Crippen LogP contribution >= 0.6 is 0 Å². The number of carbonyl (C=O) groups excluding carboxylic acids is 2. The average molecular weight is 542 g/mol. The third-order valence-electron chi connectivity index (χ3n) is 7.16. The average Bonchev–Trinajstić information content (AvgIpc) is 3.37. The number of benzene rings is 2. The van der Waals surface area contributed by atoms with Gasteiger partial charge in [0.2, 0.25) is 5.60 Å². The van der Waals surface area contributed by atoms with Gasteiger partial charge in [-0.05, 0) is 11.1 Å². The number of esters is 1. The van der Waals surface area contributed by atoms with Crippen LogP contribution < -0.4 is 22.3 Å². The highest BCUT2D eigenvalue weighted by Crippen LogP contribution is 2.38. The molecular formula is C26H28BrN3O5. The molecule has 3 aliphatic heterocycles. The Morgan fingerprint density at radius 1 is 1.03 bits per heavy atom. The summed E-state index contributed by atoms with van der Waals surface area (Å²) in [4.78, 5) is 26.2. The van der Waals surface area contributed by atoms with E-state index in [1.165, 1.54) is 6.26 Å². The molecule has 2 aromatic carbocycles. The highest BCUT2D eigenvalue weighted by molar-refractivity contribution is 5.90. The Bertz CT molecular complexity index is 1090. The fraction of sp³-hybridized carbons (Fsp3) is 0.346. The number of fused-ring (bicyclic) bond motifs is 3. The standard InChI is InChI=1S/C26H27N3O5.BrH/c30-24(27-23-13-16-33-28-23)18-29-14-11-19(12-15-29)22(17-29)34-25(31)26(32,20-7-3-1-4-8-20)21-9-5-2-6-10-21;/h1-10,13,16,19,22,32H,11-12,14-15,17-18H2;1H. The fourth-order valence-electron chi connectivity index (χ4n) is 5.32. The first-order chi connectivity index (χ1) is 16.5. The van der Waals surface area contributed by atoms with Crippen molar-refractivity contribution in [3.05, 3.63) is 84.1 Å². The third kappa shape index (κ3) is 5.03. The zero-order valence-corrected chi connectivity index (χ0v) is 20.8. The largest absolute Gasteiger partial charge is 1.00 e. The number of anilines is 1. The number of aliphatic hydroxyl groups is 1. The zero-order valence-electron chi connectivity index (χ0n) is 19.2. The quantitative estimate of drug-likeness (QED) is 0.314. The number of amides is 1. The van der Waals surface area contributed by atoms with Gasteiger partial charge in [0.1, 0.15) is 12.8 Å². The molecule has 3 aromatic rings. The Hall–Kier alpha value is -3.01. The molecule has 2 N–H and O–H groups in total. The summed E-state index contributed by atoms with van der Waals surface area (Å²) in [6.07, 6.45) is 2.77. The second kappa shape index (κ2) is 10.3. The Kier molecular flexibility index (Phi) is 7.39. The number of rotatable bonds is 7. The number of ether oxygens (including phenoxy) is 1. The Balaban J connectivity index is 0.00000289. The number of piperidine rings is 3. The van der Waals surface area contributed by atoms with E-state index in [0.29, 0.717) is 28.0 Å². The van der Waals surface area contributed by atoms with E-state index in [1.54, 1.807) is 54.6 Å². The molecule has 1 atom stereocenters. The molecule has 0 spiro atoms. The van der Waals surface area contributed by atoms with E-state index >= 15 is 0 Å². The van der Waals surface area contributed by atoms with Gasteiger partial charge in [-0.15, -0.1) is 0 Å². The number of carbonyl (C=O) groups is 2. The van der Waals surface area contributed by atoms with Crippen LogP contribution in [0.2, 0.25) is 0 Å². The molecule has 3 saturated heterocycles. The molecule has 9 heteroatoms. The maximum absolute atomic E-state index is 13.6. The van der Waals surface area contributed by atoms with Crippen molar-refractivity contribution < 1.29 is 45.4 Å². The molecule has 1 aromatic heterocycles. The summed E-state index contributed by atoms with van der Waals surface area (Å²) in [7, 11) is 0. The van der Waals surface area contributed by atoms with Crippen LogP contribution in [0.1, 0.15) is 24.0 Å². The first-order valence-electron chi connectivity index (χ1n) is 11.6. The van der Waals surface area contributed by atoms with E-state index in [4.69, 9.17) is 9.26 Å². The van der Waals surface area contributed by atoms with Crippen LogP contribution in [-0.2, 0) is 19.9 Å². The molecule has 3 aliphatic rings. The van der Waals surface area contributed by atoms with Gasteiger partial charge in [-0.3, -0.25) is 4.79 Å². The molecule has 184 valence electrons. The SMILES string of the molecule is O=C(C[N+]12CCC(CC1)C(OC(=O)C(O)(c1ccccc1)c1ccccc1)C2)Nc1ccon1.[Br-]. The summed E-state index contributed by atoms with van der Waals surface area (Å²) < 4.78 is 11.4. The van der Waals surface area contributed by atoms with E-state index in [-0.39, 0.29) is 41.5 Å². The van der Waals surface area contributed by atoms with Crippen molar-refractivity contribution >= 4 is 17.7 Å². The van der Waals surface area contributed by atoms with Crippen molar-refractivity contribution in [1.29, 1.82) is 0 Å². The lowest BCUT2D eigenvalue weighted by atomic mass is 9.82. The minimum Gasteiger partial charge on any atom is -1.00 e. The highest BCUT2D eigenvalue weighted by Gasteiger charge is 2.51. The van der Waals surface area contributed by atoms with E-state index < -0.39 is 11.6 Å². The Morgan fingerprint density at radius 2 is 1.63 bits per heavy atom. The molecule has 1 unspecified atom stereocenters. The number of hydrogen-bond donors (Lipinski definition) is 2. The lowest BCUT2D eigenvalue weighted by molar-refractivity contribution is -0.939. The number of halogens is 1. The number of hydrogen-bond acceptors (Lipinski definition) is 6. The van der Waals surface area contributed by atoms with Crippen molar-refractivity contribution in [2.24, 2.45) is 5.92 Å². The van der Waals surface area contributed by atoms with Gasteiger partial charge in [-0.2, -0.15) is 0 Å². The lowest BCUT2D eigenvalue weighted by Gasteiger charge is -2.51.